The molecule has 0 saturated carbocycles. The van der Waals surface area contributed by atoms with Crippen molar-refractivity contribution < 1.29 is 22.7 Å². The molecule has 1 N–H and O–H groups in total. The Morgan fingerprint density at radius 2 is 1.63 bits per heavy atom. The van der Waals surface area contributed by atoms with Crippen molar-refractivity contribution in [1.82, 2.24) is 9.29 Å². The number of amides is 1. The van der Waals surface area contributed by atoms with Crippen LogP contribution in [0.4, 0.5) is 11.4 Å². The van der Waals surface area contributed by atoms with Crippen molar-refractivity contribution in [2.75, 3.05) is 62.8 Å². The highest BCUT2D eigenvalue weighted by molar-refractivity contribution is 7.89. The van der Waals surface area contributed by atoms with Gasteiger partial charge in [-0.3, -0.25) is 4.79 Å². The minimum Gasteiger partial charge on any atom is -0.379 e. The van der Waals surface area contributed by atoms with Crippen LogP contribution < -0.4 is 10.2 Å². The Balaban J connectivity index is 1.30. The smallest absolute Gasteiger partial charge is 0.265 e. The van der Waals surface area contributed by atoms with Crippen molar-refractivity contribution >= 4 is 60.2 Å². The molecule has 198 valence electrons. The lowest BCUT2D eigenvalue weighted by Crippen LogP contribution is -2.40. The molecule has 2 fully saturated rings. The van der Waals surface area contributed by atoms with Gasteiger partial charge in [-0.05, 0) is 42.5 Å². The number of nitrogens with zero attached hydrogens (tertiary/aromatic N) is 3. The molecule has 12 heteroatoms. The quantitative estimate of drug-likeness (QED) is 0.372. The number of hydrogen-bond donors (Lipinski definition) is 1. The number of hydrogen-bond acceptors (Lipinski definition) is 9. The predicted molar refractivity (Wildman–Crippen MR) is 150 cm³/mol. The van der Waals surface area contributed by atoms with Crippen molar-refractivity contribution in [3.8, 4) is 9.88 Å². The van der Waals surface area contributed by atoms with Crippen LogP contribution in [-0.2, 0) is 19.5 Å². The maximum absolute atomic E-state index is 13.4. The topological polar surface area (TPSA) is 101 Å². The van der Waals surface area contributed by atoms with Gasteiger partial charge in [-0.1, -0.05) is 12.1 Å². The third-order valence-electron chi connectivity index (χ3n) is 6.51. The van der Waals surface area contributed by atoms with E-state index in [2.05, 4.69) is 10.2 Å². The Labute approximate surface area is 228 Å². The molecule has 4 heterocycles. The molecule has 0 radical (unpaired) electrons. The van der Waals surface area contributed by atoms with Crippen molar-refractivity contribution in [3.05, 3.63) is 59.5 Å². The molecule has 6 rings (SSSR count). The summed E-state index contributed by atoms with van der Waals surface area (Å²) >= 11 is 2.95. The minimum atomic E-state index is -3.72. The summed E-state index contributed by atoms with van der Waals surface area (Å²) in [7, 11) is -3.72. The first-order valence-electron chi connectivity index (χ1n) is 12.3. The van der Waals surface area contributed by atoms with Gasteiger partial charge in [0.2, 0.25) is 10.0 Å². The minimum absolute atomic E-state index is 0.146. The highest BCUT2D eigenvalue weighted by Crippen LogP contribution is 2.36. The first kappa shape index (κ1) is 25.4. The fourth-order valence-electron chi connectivity index (χ4n) is 4.53. The number of morpholine rings is 2. The Morgan fingerprint density at radius 3 is 2.39 bits per heavy atom. The Kier molecular flexibility index (Phi) is 7.16. The van der Waals surface area contributed by atoms with Crippen LogP contribution in [0.25, 0.3) is 20.1 Å². The number of aromatic nitrogens is 1. The second-order valence-electron chi connectivity index (χ2n) is 8.90. The Morgan fingerprint density at radius 1 is 0.895 bits per heavy atom. The number of ether oxygens (including phenoxy) is 2. The number of thiazole rings is 1. The van der Waals surface area contributed by atoms with Gasteiger partial charge in [0.05, 0.1) is 62.7 Å². The van der Waals surface area contributed by atoms with E-state index in [0.29, 0.717) is 63.2 Å². The first-order valence-corrected chi connectivity index (χ1v) is 15.4. The van der Waals surface area contributed by atoms with Crippen molar-refractivity contribution in [3.63, 3.8) is 0 Å². The van der Waals surface area contributed by atoms with E-state index < -0.39 is 10.0 Å². The van der Waals surface area contributed by atoms with E-state index in [1.807, 2.05) is 30.3 Å². The highest BCUT2D eigenvalue weighted by atomic mass is 32.2. The van der Waals surface area contributed by atoms with Crippen LogP contribution in [-0.4, -0.2) is 76.2 Å². The van der Waals surface area contributed by atoms with Crippen LogP contribution in [0, 0.1) is 0 Å². The lowest BCUT2D eigenvalue weighted by molar-refractivity contribution is 0.0730. The summed E-state index contributed by atoms with van der Waals surface area (Å²) < 4.78 is 40.0. The molecule has 9 nitrogen and oxygen atoms in total. The molecule has 2 aliphatic rings. The van der Waals surface area contributed by atoms with Gasteiger partial charge in [-0.15, -0.1) is 22.7 Å². The summed E-state index contributed by atoms with van der Waals surface area (Å²) in [6.45, 7) is 3.78. The van der Waals surface area contributed by atoms with Crippen LogP contribution in [0.1, 0.15) is 9.67 Å². The number of sulfonamides is 1. The van der Waals surface area contributed by atoms with Gasteiger partial charge in [0.15, 0.2) is 0 Å². The maximum Gasteiger partial charge on any atom is 0.265 e. The highest BCUT2D eigenvalue weighted by Gasteiger charge is 2.28. The molecule has 2 aromatic heterocycles. The summed E-state index contributed by atoms with van der Waals surface area (Å²) in [5, 5.41) is 3.86. The maximum atomic E-state index is 13.4. The van der Waals surface area contributed by atoms with E-state index in [1.54, 1.807) is 35.6 Å². The molecule has 0 bridgehead atoms. The zero-order valence-corrected chi connectivity index (χ0v) is 22.9. The number of anilines is 2. The van der Waals surface area contributed by atoms with Crippen molar-refractivity contribution in [2.45, 2.75) is 4.90 Å². The number of thiophene rings is 1. The molecule has 0 aliphatic carbocycles. The monoisotopic (exact) mass is 570 g/mol. The largest absolute Gasteiger partial charge is 0.379 e. The lowest BCUT2D eigenvalue weighted by atomic mass is 10.2. The number of para-hydroxylation sites is 1. The number of nitrogens with one attached hydrogen (secondary N) is 1. The predicted octanol–water partition coefficient (Wildman–Crippen LogP) is 4.13. The Bertz CT molecular complexity index is 1540. The molecule has 38 heavy (non-hydrogen) atoms. The first-order chi connectivity index (χ1) is 18.5. The SMILES string of the molecule is O=C(Nc1cc(S(=O)(=O)N2CCOCC2)ccc1N1CCOCC1)c1ccc(-c2nc3ccccc3s2)s1. The van der Waals surface area contributed by atoms with Crippen LogP contribution in [0.5, 0.6) is 0 Å². The van der Waals surface area contributed by atoms with Gasteiger partial charge < -0.3 is 19.7 Å². The molecule has 1 amide bonds. The standard InChI is InChI=1S/C26H26N4O5S3/c31-25(23-7-8-24(36-23)26-28-19-3-1-2-4-22(19)37-26)27-20-17-18(38(32,33)30-11-15-35-16-12-30)5-6-21(20)29-9-13-34-14-10-29/h1-8,17H,9-16H2,(H,27,31). The molecule has 2 aliphatic heterocycles. The van der Waals surface area contributed by atoms with E-state index in [9.17, 15) is 13.2 Å². The van der Waals surface area contributed by atoms with Crippen molar-refractivity contribution in [1.29, 1.82) is 0 Å². The molecule has 2 saturated heterocycles. The van der Waals surface area contributed by atoms with Gasteiger partial charge in [0, 0.05) is 26.2 Å². The van der Waals surface area contributed by atoms with E-state index >= 15 is 0 Å². The summed E-state index contributed by atoms with van der Waals surface area (Å²) in [5.74, 6) is -0.294. The number of rotatable bonds is 6. The van der Waals surface area contributed by atoms with E-state index in [4.69, 9.17) is 14.5 Å². The molecule has 0 unspecified atom stereocenters. The average molecular weight is 571 g/mol. The fraction of sp³-hybridized carbons (Fsp3) is 0.308. The lowest BCUT2D eigenvalue weighted by Gasteiger charge is -2.31. The van der Waals surface area contributed by atoms with E-state index in [-0.39, 0.29) is 10.8 Å². The number of fused-ring (bicyclic) bond motifs is 1. The number of carbonyl (C=O) groups excluding carboxylic acids is 1. The van der Waals surface area contributed by atoms with Gasteiger partial charge in [0.1, 0.15) is 5.01 Å². The van der Waals surface area contributed by atoms with Gasteiger partial charge in [-0.2, -0.15) is 4.31 Å². The van der Waals surface area contributed by atoms with Crippen LogP contribution >= 0.6 is 22.7 Å². The zero-order chi connectivity index (χ0) is 26.1. The van der Waals surface area contributed by atoms with Gasteiger partial charge in [-0.25, -0.2) is 13.4 Å². The molecule has 2 aromatic carbocycles. The average Bonchev–Trinajstić information content (AvgIpc) is 3.62. The number of carbonyl (C=O) groups is 1. The second-order valence-corrected chi connectivity index (χ2v) is 13.0. The number of benzene rings is 2. The van der Waals surface area contributed by atoms with E-state index in [1.165, 1.54) is 15.6 Å². The van der Waals surface area contributed by atoms with Crippen LogP contribution in [0.15, 0.2) is 59.5 Å². The summed E-state index contributed by atoms with van der Waals surface area (Å²) in [4.78, 5) is 21.8. The normalized spacial score (nSPS) is 17.1. The molecule has 0 spiro atoms. The van der Waals surface area contributed by atoms with Crippen molar-refractivity contribution in [2.24, 2.45) is 0 Å². The molecular formula is C26H26N4O5S3. The Hall–Kier alpha value is -2.87. The molecular weight excluding hydrogens is 545 g/mol. The summed E-state index contributed by atoms with van der Waals surface area (Å²) in [6.07, 6.45) is 0. The third-order valence-corrected chi connectivity index (χ3v) is 10.7. The van der Waals surface area contributed by atoms with Crippen LogP contribution in [0.3, 0.4) is 0 Å². The molecule has 4 aromatic rings. The van der Waals surface area contributed by atoms with Crippen LogP contribution in [0.2, 0.25) is 0 Å². The summed E-state index contributed by atoms with van der Waals surface area (Å²) in [6, 6.07) is 16.6. The van der Waals surface area contributed by atoms with E-state index in [0.717, 1.165) is 25.8 Å². The van der Waals surface area contributed by atoms with Gasteiger partial charge in [0.25, 0.3) is 5.91 Å². The fourth-order valence-corrected chi connectivity index (χ4v) is 7.88. The third kappa shape index (κ3) is 5.07. The summed E-state index contributed by atoms with van der Waals surface area (Å²) in [5.41, 5.74) is 2.16. The second kappa shape index (κ2) is 10.7. The zero-order valence-electron chi connectivity index (χ0n) is 20.5. The van der Waals surface area contributed by atoms with Gasteiger partial charge >= 0.3 is 0 Å². The molecule has 0 atom stereocenters.